The molecule has 0 bridgehead atoms. The highest BCUT2D eigenvalue weighted by molar-refractivity contribution is 9.10. The summed E-state index contributed by atoms with van der Waals surface area (Å²) in [6.45, 7) is 3.02. The number of nitrogens with one attached hydrogen (secondary N) is 2. The van der Waals surface area contributed by atoms with Gasteiger partial charge in [-0.15, -0.1) is 0 Å². The predicted octanol–water partition coefficient (Wildman–Crippen LogP) is 1.24. The second-order valence-electron chi connectivity index (χ2n) is 4.12. The average Bonchev–Trinajstić information content (AvgIpc) is 2.89. The van der Waals surface area contributed by atoms with E-state index in [-0.39, 0.29) is 6.04 Å². The van der Waals surface area contributed by atoms with Crippen LogP contribution < -0.4 is 16.6 Å². The van der Waals surface area contributed by atoms with Crippen molar-refractivity contribution in [2.75, 3.05) is 6.54 Å². The highest BCUT2D eigenvalue weighted by Gasteiger charge is 2.07. The van der Waals surface area contributed by atoms with Crippen molar-refractivity contribution in [1.29, 1.82) is 0 Å². The number of nitrogens with zero attached hydrogens (tertiary/aromatic N) is 1. The minimum absolute atomic E-state index is 0.0666. The lowest BCUT2D eigenvalue weighted by Crippen LogP contribution is -2.33. The number of rotatable bonds is 5. The van der Waals surface area contributed by atoms with Gasteiger partial charge >= 0.3 is 5.69 Å². The van der Waals surface area contributed by atoms with Gasteiger partial charge in [-0.05, 0) is 35.0 Å². The van der Waals surface area contributed by atoms with E-state index < -0.39 is 11.2 Å². The highest BCUT2D eigenvalue weighted by atomic mass is 79.9. The van der Waals surface area contributed by atoms with Crippen LogP contribution in [-0.4, -0.2) is 16.1 Å². The van der Waals surface area contributed by atoms with Crippen molar-refractivity contribution in [3.8, 4) is 0 Å². The molecule has 102 valence electrons. The molecule has 0 aliphatic carbocycles. The zero-order valence-corrected chi connectivity index (χ0v) is 11.9. The molecule has 2 heterocycles. The molecule has 0 spiro atoms. The van der Waals surface area contributed by atoms with E-state index in [9.17, 15) is 9.59 Å². The lowest BCUT2D eigenvalue weighted by Gasteiger charge is -2.12. The van der Waals surface area contributed by atoms with E-state index in [0.717, 1.165) is 5.76 Å². The van der Waals surface area contributed by atoms with E-state index in [1.807, 2.05) is 19.1 Å². The molecular weight excluding hydrogens is 314 g/mol. The van der Waals surface area contributed by atoms with Crippen LogP contribution in [0, 0.1) is 0 Å². The fourth-order valence-corrected chi connectivity index (χ4v) is 2.03. The quantitative estimate of drug-likeness (QED) is 0.866. The van der Waals surface area contributed by atoms with Gasteiger partial charge in [0.05, 0.1) is 16.8 Å². The van der Waals surface area contributed by atoms with E-state index in [1.165, 1.54) is 10.8 Å². The van der Waals surface area contributed by atoms with Crippen molar-refractivity contribution in [1.82, 2.24) is 14.9 Å². The number of aromatic amines is 1. The van der Waals surface area contributed by atoms with Gasteiger partial charge in [-0.3, -0.25) is 14.3 Å². The number of hydrogen-bond acceptors (Lipinski definition) is 4. The summed E-state index contributed by atoms with van der Waals surface area (Å²) in [6.07, 6.45) is 3.11. The molecule has 0 saturated carbocycles. The Morgan fingerprint density at radius 1 is 1.53 bits per heavy atom. The predicted molar refractivity (Wildman–Crippen MR) is 74.1 cm³/mol. The van der Waals surface area contributed by atoms with Gasteiger partial charge in [-0.2, -0.15) is 0 Å². The molecule has 1 atom stereocenters. The van der Waals surface area contributed by atoms with Gasteiger partial charge < -0.3 is 9.73 Å². The lowest BCUT2D eigenvalue weighted by atomic mass is 10.2. The van der Waals surface area contributed by atoms with Crippen LogP contribution in [0.4, 0.5) is 0 Å². The summed E-state index contributed by atoms with van der Waals surface area (Å²) in [5, 5.41) is 3.23. The third-order valence-corrected chi connectivity index (χ3v) is 3.31. The Balaban J connectivity index is 1.95. The van der Waals surface area contributed by atoms with Crippen LogP contribution >= 0.6 is 15.9 Å². The van der Waals surface area contributed by atoms with Crippen molar-refractivity contribution in [3.05, 3.63) is 55.7 Å². The SMILES string of the molecule is CC(NCCn1cc(Br)c(=O)[nH]c1=O)c1ccco1. The van der Waals surface area contributed by atoms with E-state index in [0.29, 0.717) is 17.6 Å². The number of H-pyrrole nitrogens is 1. The van der Waals surface area contributed by atoms with Gasteiger partial charge in [-0.1, -0.05) is 0 Å². The van der Waals surface area contributed by atoms with Crippen molar-refractivity contribution >= 4 is 15.9 Å². The van der Waals surface area contributed by atoms with E-state index in [2.05, 4.69) is 26.2 Å². The maximum Gasteiger partial charge on any atom is 0.328 e. The summed E-state index contributed by atoms with van der Waals surface area (Å²) >= 11 is 3.09. The summed E-state index contributed by atoms with van der Waals surface area (Å²) in [5.41, 5.74) is -0.834. The molecule has 0 radical (unpaired) electrons. The minimum Gasteiger partial charge on any atom is -0.468 e. The topological polar surface area (TPSA) is 80.0 Å². The zero-order valence-electron chi connectivity index (χ0n) is 10.4. The second-order valence-corrected chi connectivity index (χ2v) is 4.98. The molecule has 0 saturated heterocycles. The molecule has 2 N–H and O–H groups in total. The van der Waals surface area contributed by atoms with Gasteiger partial charge in [0.25, 0.3) is 5.56 Å². The number of hydrogen-bond donors (Lipinski definition) is 2. The Kier molecular flexibility index (Phi) is 4.39. The van der Waals surface area contributed by atoms with Crippen LogP contribution in [0.1, 0.15) is 18.7 Å². The minimum atomic E-state index is -0.418. The molecule has 0 fully saturated rings. The molecule has 7 heteroatoms. The average molecular weight is 328 g/mol. The maximum absolute atomic E-state index is 11.5. The van der Waals surface area contributed by atoms with Gasteiger partial charge in [0.1, 0.15) is 5.76 Å². The number of furan rings is 1. The molecule has 0 aliphatic rings. The van der Waals surface area contributed by atoms with Gasteiger partial charge in [0, 0.05) is 19.3 Å². The van der Waals surface area contributed by atoms with Gasteiger partial charge in [-0.25, -0.2) is 4.79 Å². The molecule has 0 aliphatic heterocycles. The molecule has 0 amide bonds. The Morgan fingerprint density at radius 2 is 2.32 bits per heavy atom. The summed E-state index contributed by atoms with van der Waals surface area (Å²) in [4.78, 5) is 25.0. The Hall–Kier alpha value is -1.60. The van der Waals surface area contributed by atoms with Crippen LogP contribution in [0.25, 0.3) is 0 Å². The largest absolute Gasteiger partial charge is 0.468 e. The van der Waals surface area contributed by atoms with Crippen LogP contribution in [0.3, 0.4) is 0 Å². The zero-order chi connectivity index (χ0) is 13.8. The third-order valence-electron chi connectivity index (χ3n) is 2.74. The van der Waals surface area contributed by atoms with Gasteiger partial charge in [0.15, 0.2) is 0 Å². The van der Waals surface area contributed by atoms with Crippen LogP contribution in [0.5, 0.6) is 0 Å². The monoisotopic (exact) mass is 327 g/mol. The third kappa shape index (κ3) is 3.45. The first kappa shape index (κ1) is 13.8. The fourth-order valence-electron chi connectivity index (χ4n) is 1.69. The first-order valence-electron chi connectivity index (χ1n) is 5.84. The van der Waals surface area contributed by atoms with Crippen LogP contribution in [0.2, 0.25) is 0 Å². The Morgan fingerprint density at radius 3 is 3.00 bits per heavy atom. The van der Waals surface area contributed by atoms with E-state index in [4.69, 9.17) is 4.42 Å². The van der Waals surface area contributed by atoms with Crippen molar-refractivity contribution < 1.29 is 4.42 Å². The molecule has 1 unspecified atom stereocenters. The van der Waals surface area contributed by atoms with Crippen molar-refractivity contribution in [2.24, 2.45) is 0 Å². The Labute approximate surface area is 117 Å². The van der Waals surface area contributed by atoms with E-state index >= 15 is 0 Å². The van der Waals surface area contributed by atoms with Gasteiger partial charge in [0.2, 0.25) is 0 Å². The van der Waals surface area contributed by atoms with Crippen LogP contribution in [-0.2, 0) is 6.54 Å². The normalized spacial score (nSPS) is 12.5. The highest BCUT2D eigenvalue weighted by Crippen LogP contribution is 2.11. The van der Waals surface area contributed by atoms with Crippen LogP contribution in [0.15, 0.2) is 43.1 Å². The smallest absolute Gasteiger partial charge is 0.328 e. The summed E-state index contributed by atoms with van der Waals surface area (Å²) < 4.78 is 7.05. The summed E-state index contributed by atoms with van der Waals surface area (Å²) in [5.74, 6) is 0.843. The fraction of sp³-hybridized carbons (Fsp3) is 0.333. The molecule has 2 aromatic heterocycles. The van der Waals surface area contributed by atoms with Crippen molar-refractivity contribution in [2.45, 2.75) is 19.5 Å². The van der Waals surface area contributed by atoms with Crippen molar-refractivity contribution in [3.63, 3.8) is 0 Å². The summed E-state index contributed by atoms with van der Waals surface area (Å²) in [7, 11) is 0. The molecular formula is C12H14BrN3O3. The summed E-state index contributed by atoms with van der Waals surface area (Å²) in [6, 6.07) is 3.79. The lowest BCUT2D eigenvalue weighted by molar-refractivity contribution is 0.421. The first-order chi connectivity index (χ1) is 9.08. The van der Waals surface area contributed by atoms with E-state index in [1.54, 1.807) is 6.26 Å². The first-order valence-corrected chi connectivity index (χ1v) is 6.63. The molecule has 2 aromatic rings. The number of aromatic nitrogens is 2. The molecule has 19 heavy (non-hydrogen) atoms. The number of halogens is 1. The molecule has 0 aromatic carbocycles. The second kappa shape index (κ2) is 6.03. The molecule has 6 nitrogen and oxygen atoms in total. The maximum atomic E-state index is 11.5. The molecule has 2 rings (SSSR count). The Bertz CT molecular complexity index is 645. The standard InChI is InChI=1S/C12H14BrN3O3/c1-8(10-3-2-6-19-10)14-4-5-16-7-9(13)11(17)15-12(16)18/h2-3,6-8,14H,4-5H2,1H3,(H,15,17,18).